The van der Waals surface area contributed by atoms with Crippen LogP contribution in [-0.4, -0.2) is 25.8 Å². The van der Waals surface area contributed by atoms with E-state index in [0.29, 0.717) is 5.02 Å². The molecule has 1 aliphatic heterocycles. The van der Waals surface area contributed by atoms with Gasteiger partial charge in [-0.3, -0.25) is 0 Å². The van der Waals surface area contributed by atoms with Crippen LogP contribution in [-0.2, 0) is 4.74 Å². The molecular formula is C15H20ClNO2. The molecule has 3 nitrogen and oxygen atoms in total. The van der Waals surface area contributed by atoms with E-state index >= 15 is 0 Å². The second-order valence-corrected chi connectivity index (χ2v) is 5.08. The highest BCUT2D eigenvalue weighted by Gasteiger charge is 2.24. The van der Waals surface area contributed by atoms with Crippen LogP contribution in [0.5, 0.6) is 5.75 Å². The first-order chi connectivity index (χ1) is 9.20. The predicted octanol–water partition coefficient (Wildman–Crippen LogP) is 3.39. The summed E-state index contributed by atoms with van der Waals surface area (Å²) in [5, 5.41) is 3.93. The zero-order chi connectivity index (χ0) is 13.7. The first kappa shape index (κ1) is 14.2. The molecule has 1 aromatic carbocycles. The van der Waals surface area contributed by atoms with Gasteiger partial charge in [-0.05, 0) is 51.1 Å². The van der Waals surface area contributed by atoms with Crippen molar-refractivity contribution in [2.45, 2.75) is 31.9 Å². The van der Waals surface area contributed by atoms with Crippen molar-refractivity contribution in [1.82, 2.24) is 5.32 Å². The molecule has 0 saturated carbocycles. The maximum Gasteiger partial charge on any atom is 0.121 e. The van der Waals surface area contributed by atoms with Crippen LogP contribution in [0.25, 0.3) is 0 Å². The summed E-state index contributed by atoms with van der Waals surface area (Å²) >= 11 is 5.96. The second-order valence-electron chi connectivity index (χ2n) is 4.64. The van der Waals surface area contributed by atoms with Crippen molar-refractivity contribution in [3.05, 3.63) is 41.1 Å². The average molecular weight is 282 g/mol. The van der Waals surface area contributed by atoms with E-state index in [1.165, 1.54) is 0 Å². The minimum atomic E-state index is -0.0344. The molecule has 0 saturated heterocycles. The van der Waals surface area contributed by atoms with Crippen LogP contribution >= 0.6 is 11.6 Å². The summed E-state index contributed by atoms with van der Waals surface area (Å²) < 4.78 is 11.6. The molecule has 104 valence electrons. The van der Waals surface area contributed by atoms with E-state index in [0.717, 1.165) is 31.0 Å². The van der Waals surface area contributed by atoms with E-state index in [9.17, 15) is 0 Å². The lowest BCUT2D eigenvalue weighted by Crippen LogP contribution is -2.42. The van der Waals surface area contributed by atoms with Crippen LogP contribution in [0.15, 0.2) is 36.1 Å². The normalized spacial score (nSPS) is 18.2. The molecule has 1 N–H and O–H groups in total. The van der Waals surface area contributed by atoms with Crippen molar-refractivity contribution in [2.75, 3.05) is 13.7 Å². The van der Waals surface area contributed by atoms with Gasteiger partial charge in [-0.25, -0.2) is 0 Å². The summed E-state index contributed by atoms with van der Waals surface area (Å²) in [6.07, 6.45) is 4.26. The van der Waals surface area contributed by atoms with Gasteiger partial charge in [-0.2, -0.15) is 0 Å². The summed E-state index contributed by atoms with van der Waals surface area (Å²) in [4.78, 5) is 0. The fourth-order valence-electron chi connectivity index (χ4n) is 2.22. The highest BCUT2D eigenvalue weighted by Crippen LogP contribution is 2.22. The Hall–Kier alpha value is -1.19. The zero-order valence-corrected chi connectivity index (χ0v) is 12.1. The molecule has 4 heteroatoms. The van der Waals surface area contributed by atoms with Gasteiger partial charge in [0.05, 0.1) is 6.61 Å². The van der Waals surface area contributed by atoms with Crippen LogP contribution in [0.4, 0.5) is 0 Å². The zero-order valence-electron chi connectivity index (χ0n) is 11.4. The molecule has 2 atom stereocenters. The third kappa shape index (κ3) is 3.88. The SMILES string of the molecule is CNC(C1=CCCCO1)C(C)Oc1cccc(Cl)c1. The Morgan fingerprint density at radius 2 is 2.26 bits per heavy atom. The fraction of sp³-hybridized carbons (Fsp3) is 0.467. The Morgan fingerprint density at radius 1 is 1.42 bits per heavy atom. The summed E-state index contributed by atoms with van der Waals surface area (Å²) in [5.41, 5.74) is 0. The minimum absolute atomic E-state index is 0.0344. The highest BCUT2D eigenvalue weighted by atomic mass is 35.5. The molecule has 2 rings (SSSR count). The first-order valence-electron chi connectivity index (χ1n) is 6.63. The van der Waals surface area contributed by atoms with Gasteiger partial charge < -0.3 is 14.8 Å². The molecule has 1 heterocycles. The lowest BCUT2D eigenvalue weighted by atomic mass is 10.1. The number of allylic oxidation sites excluding steroid dienone is 1. The third-order valence-corrected chi connectivity index (χ3v) is 3.40. The summed E-state index contributed by atoms with van der Waals surface area (Å²) in [5.74, 6) is 1.75. The van der Waals surface area contributed by atoms with Crippen molar-refractivity contribution in [1.29, 1.82) is 0 Å². The smallest absolute Gasteiger partial charge is 0.121 e. The second kappa shape index (κ2) is 6.83. The van der Waals surface area contributed by atoms with Gasteiger partial charge in [0.1, 0.15) is 23.7 Å². The van der Waals surface area contributed by atoms with E-state index in [1.807, 2.05) is 38.2 Å². The van der Waals surface area contributed by atoms with Crippen LogP contribution in [0.3, 0.4) is 0 Å². The van der Waals surface area contributed by atoms with Crippen molar-refractivity contribution >= 4 is 11.6 Å². The summed E-state index contributed by atoms with van der Waals surface area (Å²) in [6, 6.07) is 7.50. The van der Waals surface area contributed by atoms with Crippen LogP contribution in [0.1, 0.15) is 19.8 Å². The van der Waals surface area contributed by atoms with E-state index in [4.69, 9.17) is 21.1 Å². The Balaban J connectivity index is 2.04. The molecule has 0 radical (unpaired) electrons. The molecular weight excluding hydrogens is 262 g/mol. The molecule has 0 aliphatic carbocycles. The Kier molecular flexibility index (Phi) is 5.11. The van der Waals surface area contributed by atoms with Gasteiger partial charge in [0, 0.05) is 5.02 Å². The van der Waals surface area contributed by atoms with Crippen LogP contribution in [0.2, 0.25) is 5.02 Å². The molecule has 19 heavy (non-hydrogen) atoms. The quantitative estimate of drug-likeness (QED) is 0.897. The number of hydrogen-bond acceptors (Lipinski definition) is 3. The first-order valence-corrected chi connectivity index (χ1v) is 7.01. The van der Waals surface area contributed by atoms with Crippen molar-refractivity contribution < 1.29 is 9.47 Å². The molecule has 2 unspecified atom stereocenters. The molecule has 0 aromatic heterocycles. The topological polar surface area (TPSA) is 30.5 Å². The molecule has 0 bridgehead atoms. The Morgan fingerprint density at radius 3 is 2.89 bits per heavy atom. The number of likely N-dealkylation sites (N-methyl/N-ethyl adjacent to an activating group) is 1. The molecule has 0 amide bonds. The summed E-state index contributed by atoms with van der Waals surface area (Å²) in [7, 11) is 1.92. The number of benzene rings is 1. The minimum Gasteiger partial charge on any atom is -0.496 e. The monoisotopic (exact) mass is 281 g/mol. The third-order valence-electron chi connectivity index (χ3n) is 3.17. The van der Waals surface area contributed by atoms with Crippen LogP contribution in [0, 0.1) is 0 Å². The fourth-order valence-corrected chi connectivity index (χ4v) is 2.40. The van der Waals surface area contributed by atoms with E-state index in [2.05, 4.69) is 11.4 Å². The highest BCUT2D eigenvalue weighted by molar-refractivity contribution is 6.30. The Labute approximate surface area is 119 Å². The molecule has 1 aliphatic rings. The summed E-state index contributed by atoms with van der Waals surface area (Å²) in [6.45, 7) is 2.81. The van der Waals surface area contributed by atoms with Gasteiger partial charge in [0.25, 0.3) is 0 Å². The van der Waals surface area contributed by atoms with Crippen LogP contribution < -0.4 is 10.1 Å². The van der Waals surface area contributed by atoms with Crippen molar-refractivity contribution in [2.24, 2.45) is 0 Å². The maximum atomic E-state index is 5.96. The van der Waals surface area contributed by atoms with E-state index < -0.39 is 0 Å². The van der Waals surface area contributed by atoms with Crippen molar-refractivity contribution in [3.63, 3.8) is 0 Å². The van der Waals surface area contributed by atoms with E-state index in [1.54, 1.807) is 0 Å². The number of rotatable bonds is 5. The number of halogens is 1. The van der Waals surface area contributed by atoms with Gasteiger partial charge in [0.15, 0.2) is 0 Å². The number of ether oxygens (including phenoxy) is 2. The van der Waals surface area contributed by atoms with Gasteiger partial charge in [-0.15, -0.1) is 0 Å². The number of hydrogen-bond donors (Lipinski definition) is 1. The maximum absolute atomic E-state index is 5.96. The average Bonchev–Trinajstić information content (AvgIpc) is 2.41. The van der Waals surface area contributed by atoms with Gasteiger partial charge >= 0.3 is 0 Å². The standard InChI is InChI=1S/C15H20ClNO2/c1-11(19-13-7-5-6-12(16)10-13)15(17-2)14-8-3-4-9-18-14/h5-8,10-11,15,17H,3-4,9H2,1-2H3. The molecule has 0 fully saturated rings. The molecule has 1 aromatic rings. The van der Waals surface area contributed by atoms with Crippen molar-refractivity contribution in [3.8, 4) is 5.75 Å². The Bertz CT molecular complexity index is 448. The number of nitrogens with one attached hydrogen (secondary N) is 1. The predicted molar refractivity (Wildman–Crippen MR) is 77.7 cm³/mol. The lowest BCUT2D eigenvalue weighted by Gasteiger charge is -2.28. The van der Waals surface area contributed by atoms with E-state index in [-0.39, 0.29) is 12.1 Å². The largest absolute Gasteiger partial charge is 0.496 e. The van der Waals surface area contributed by atoms with Gasteiger partial charge in [-0.1, -0.05) is 17.7 Å². The lowest BCUT2D eigenvalue weighted by molar-refractivity contribution is 0.116. The molecule has 0 spiro atoms. The van der Waals surface area contributed by atoms with Gasteiger partial charge in [0.2, 0.25) is 0 Å².